The zero-order chi connectivity index (χ0) is 13.8. The lowest BCUT2D eigenvalue weighted by atomic mass is 9.98. The Bertz CT molecular complexity index is 467. The Morgan fingerprint density at radius 2 is 2.16 bits per heavy atom. The minimum atomic E-state index is -0.0779. The summed E-state index contributed by atoms with van der Waals surface area (Å²) in [6, 6.07) is 3.36. The van der Waals surface area contributed by atoms with Gasteiger partial charge in [0.1, 0.15) is 10.7 Å². The zero-order valence-electron chi connectivity index (χ0n) is 10.6. The molecule has 1 saturated heterocycles. The van der Waals surface area contributed by atoms with Crippen LogP contribution in [0, 0.1) is 5.92 Å². The number of hydrogen-bond acceptors (Lipinski definition) is 4. The second-order valence-electron chi connectivity index (χ2n) is 4.71. The van der Waals surface area contributed by atoms with Crippen LogP contribution in [0.25, 0.3) is 0 Å². The van der Waals surface area contributed by atoms with Crippen molar-refractivity contribution in [3.05, 3.63) is 29.6 Å². The van der Waals surface area contributed by atoms with Crippen molar-refractivity contribution in [1.82, 2.24) is 9.88 Å². The number of thiocarbonyl (C=S) groups is 1. The van der Waals surface area contributed by atoms with Crippen LogP contribution >= 0.6 is 12.2 Å². The molecule has 1 aromatic heterocycles. The molecule has 2 rings (SSSR count). The van der Waals surface area contributed by atoms with Crippen LogP contribution in [0.15, 0.2) is 18.3 Å². The van der Waals surface area contributed by atoms with Crippen LogP contribution in [0.2, 0.25) is 0 Å². The van der Waals surface area contributed by atoms with Gasteiger partial charge in [-0.1, -0.05) is 12.2 Å². The number of aliphatic hydroxyl groups excluding tert-OH is 1. The number of nitrogens with zero attached hydrogens (tertiary/aromatic N) is 2. The Labute approximate surface area is 117 Å². The van der Waals surface area contributed by atoms with Crippen LogP contribution in [0.4, 0.5) is 0 Å². The highest BCUT2D eigenvalue weighted by atomic mass is 32.1. The molecular weight excluding hydrogens is 262 g/mol. The van der Waals surface area contributed by atoms with Gasteiger partial charge in [0.25, 0.3) is 5.91 Å². The van der Waals surface area contributed by atoms with Gasteiger partial charge in [-0.25, -0.2) is 0 Å². The van der Waals surface area contributed by atoms with Gasteiger partial charge in [0.15, 0.2) is 0 Å². The number of piperidine rings is 1. The Morgan fingerprint density at radius 3 is 2.63 bits per heavy atom. The van der Waals surface area contributed by atoms with Gasteiger partial charge >= 0.3 is 0 Å². The van der Waals surface area contributed by atoms with Crippen molar-refractivity contribution in [3.63, 3.8) is 0 Å². The minimum absolute atomic E-state index is 0.0779. The van der Waals surface area contributed by atoms with E-state index in [1.165, 1.54) is 6.20 Å². The summed E-state index contributed by atoms with van der Waals surface area (Å²) in [5.41, 5.74) is 6.55. The number of likely N-dealkylation sites (tertiary alicyclic amines) is 1. The first-order chi connectivity index (χ1) is 9.11. The molecule has 3 N–H and O–H groups in total. The van der Waals surface area contributed by atoms with Crippen molar-refractivity contribution in [3.8, 4) is 0 Å². The second kappa shape index (κ2) is 6.08. The predicted octanol–water partition coefficient (Wildman–Crippen LogP) is 0.560. The molecule has 0 aliphatic carbocycles. The third-order valence-electron chi connectivity index (χ3n) is 3.43. The number of rotatable bonds is 3. The number of aromatic nitrogens is 1. The van der Waals surface area contributed by atoms with E-state index < -0.39 is 0 Å². The Kier molecular flexibility index (Phi) is 4.44. The van der Waals surface area contributed by atoms with Crippen LogP contribution in [0.3, 0.4) is 0 Å². The van der Waals surface area contributed by atoms with Gasteiger partial charge in [0.2, 0.25) is 0 Å². The molecule has 1 aliphatic rings. The lowest BCUT2D eigenvalue weighted by molar-refractivity contribution is 0.0645. The van der Waals surface area contributed by atoms with Crippen LogP contribution in [0.5, 0.6) is 0 Å². The molecule has 0 atom stereocenters. The van der Waals surface area contributed by atoms with Crippen molar-refractivity contribution < 1.29 is 9.90 Å². The average molecular weight is 279 g/mol. The maximum absolute atomic E-state index is 12.2. The van der Waals surface area contributed by atoms with Crippen LogP contribution < -0.4 is 5.73 Å². The predicted molar refractivity (Wildman–Crippen MR) is 75.8 cm³/mol. The molecule has 1 aliphatic heterocycles. The highest BCUT2D eigenvalue weighted by Gasteiger charge is 2.23. The van der Waals surface area contributed by atoms with Crippen molar-refractivity contribution in [2.24, 2.45) is 11.7 Å². The normalized spacial score (nSPS) is 16.4. The molecule has 1 aromatic rings. The molecule has 0 saturated carbocycles. The first-order valence-electron chi connectivity index (χ1n) is 6.28. The average Bonchev–Trinajstić information content (AvgIpc) is 2.46. The Morgan fingerprint density at radius 1 is 1.47 bits per heavy atom. The number of hydrogen-bond donors (Lipinski definition) is 2. The van der Waals surface area contributed by atoms with E-state index in [2.05, 4.69) is 4.98 Å². The zero-order valence-corrected chi connectivity index (χ0v) is 11.4. The number of carbonyl (C=O) groups is 1. The van der Waals surface area contributed by atoms with E-state index in [-0.39, 0.29) is 17.5 Å². The SMILES string of the molecule is NC(=S)c1ccc(C(=O)N2CCC(CO)CC2)nc1. The molecular formula is C13H17N3O2S. The summed E-state index contributed by atoms with van der Waals surface area (Å²) in [5, 5.41) is 9.08. The van der Waals surface area contributed by atoms with Gasteiger partial charge in [0, 0.05) is 31.5 Å². The molecule has 0 radical (unpaired) electrons. The summed E-state index contributed by atoms with van der Waals surface area (Å²) in [7, 11) is 0. The lowest BCUT2D eigenvalue weighted by Crippen LogP contribution is -2.39. The molecule has 1 fully saturated rings. The number of aliphatic hydroxyl groups is 1. The van der Waals surface area contributed by atoms with E-state index in [4.69, 9.17) is 23.1 Å². The van der Waals surface area contributed by atoms with Gasteiger partial charge in [-0.05, 0) is 30.9 Å². The molecule has 0 aromatic carbocycles. The molecule has 6 heteroatoms. The number of carbonyl (C=O) groups excluding carboxylic acids is 1. The fraction of sp³-hybridized carbons (Fsp3) is 0.462. The minimum Gasteiger partial charge on any atom is -0.396 e. The van der Waals surface area contributed by atoms with E-state index in [1.807, 2.05) is 0 Å². The van der Waals surface area contributed by atoms with Crippen molar-refractivity contribution in [1.29, 1.82) is 0 Å². The molecule has 19 heavy (non-hydrogen) atoms. The summed E-state index contributed by atoms with van der Waals surface area (Å²) in [6.07, 6.45) is 3.20. The van der Waals surface area contributed by atoms with E-state index in [9.17, 15) is 4.79 Å². The van der Waals surface area contributed by atoms with E-state index in [1.54, 1.807) is 17.0 Å². The van der Waals surface area contributed by atoms with Gasteiger partial charge in [-0.15, -0.1) is 0 Å². The maximum atomic E-state index is 12.2. The smallest absolute Gasteiger partial charge is 0.272 e. The first-order valence-corrected chi connectivity index (χ1v) is 6.68. The monoisotopic (exact) mass is 279 g/mol. The topological polar surface area (TPSA) is 79.5 Å². The molecule has 0 bridgehead atoms. The van der Waals surface area contributed by atoms with Crippen LogP contribution in [0.1, 0.15) is 28.9 Å². The number of nitrogens with two attached hydrogens (primary N) is 1. The summed E-state index contributed by atoms with van der Waals surface area (Å²) in [5.74, 6) is 0.236. The quantitative estimate of drug-likeness (QED) is 0.790. The van der Waals surface area contributed by atoms with Gasteiger partial charge in [0.05, 0.1) is 0 Å². The summed E-state index contributed by atoms with van der Waals surface area (Å²) in [6.45, 7) is 1.54. The molecule has 1 amide bonds. The van der Waals surface area contributed by atoms with Crippen molar-refractivity contribution >= 4 is 23.1 Å². The third kappa shape index (κ3) is 3.27. The number of pyridine rings is 1. The van der Waals surface area contributed by atoms with E-state index in [0.717, 1.165) is 12.8 Å². The summed E-state index contributed by atoms with van der Waals surface area (Å²) >= 11 is 4.84. The Balaban J connectivity index is 2.02. The van der Waals surface area contributed by atoms with E-state index >= 15 is 0 Å². The van der Waals surface area contributed by atoms with E-state index in [0.29, 0.717) is 30.3 Å². The summed E-state index contributed by atoms with van der Waals surface area (Å²) in [4.78, 5) is 18.4. The molecule has 2 heterocycles. The molecule has 0 spiro atoms. The fourth-order valence-corrected chi connectivity index (χ4v) is 2.27. The molecule has 0 unspecified atom stereocenters. The first kappa shape index (κ1) is 13.9. The highest BCUT2D eigenvalue weighted by molar-refractivity contribution is 7.80. The van der Waals surface area contributed by atoms with Crippen molar-refractivity contribution in [2.45, 2.75) is 12.8 Å². The lowest BCUT2D eigenvalue weighted by Gasteiger charge is -2.30. The number of amides is 1. The van der Waals surface area contributed by atoms with Gasteiger partial charge in [-0.2, -0.15) is 0 Å². The summed E-state index contributed by atoms with van der Waals surface area (Å²) < 4.78 is 0. The fourth-order valence-electron chi connectivity index (χ4n) is 2.15. The maximum Gasteiger partial charge on any atom is 0.272 e. The largest absolute Gasteiger partial charge is 0.396 e. The third-order valence-corrected chi connectivity index (χ3v) is 3.66. The van der Waals surface area contributed by atoms with Crippen LogP contribution in [-0.4, -0.2) is 45.6 Å². The molecule has 5 nitrogen and oxygen atoms in total. The van der Waals surface area contributed by atoms with Gasteiger partial charge < -0.3 is 15.7 Å². The van der Waals surface area contributed by atoms with Crippen LogP contribution in [-0.2, 0) is 0 Å². The highest BCUT2D eigenvalue weighted by Crippen LogP contribution is 2.18. The standard InChI is InChI=1S/C13H17N3O2S/c14-12(19)10-1-2-11(15-7-10)13(18)16-5-3-9(8-17)4-6-16/h1-2,7,9,17H,3-6,8H2,(H2,14,19). The molecule has 102 valence electrons. The Hall–Kier alpha value is -1.53. The van der Waals surface area contributed by atoms with Gasteiger partial charge in [-0.3, -0.25) is 9.78 Å². The second-order valence-corrected chi connectivity index (χ2v) is 5.15. The van der Waals surface area contributed by atoms with Crippen molar-refractivity contribution in [2.75, 3.05) is 19.7 Å².